The number of carbonyl (C=O) groups is 1. The molecule has 1 heterocycles. The maximum absolute atomic E-state index is 11.9. The van der Waals surface area contributed by atoms with Gasteiger partial charge < -0.3 is 24.9 Å². The average molecular weight is 317 g/mol. The van der Waals surface area contributed by atoms with Gasteiger partial charge in [0.1, 0.15) is 11.4 Å². The molecule has 2 aromatic rings. The van der Waals surface area contributed by atoms with Crippen LogP contribution >= 0.6 is 0 Å². The minimum atomic E-state index is -0.652. The van der Waals surface area contributed by atoms with Gasteiger partial charge in [-0.2, -0.15) is 0 Å². The predicted octanol–water partition coefficient (Wildman–Crippen LogP) is 2.32. The van der Waals surface area contributed by atoms with E-state index in [4.69, 9.17) is 9.47 Å². The van der Waals surface area contributed by atoms with Gasteiger partial charge in [-0.25, -0.2) is 0 Å². The monoisotopic (exact) mass is 317 g/mol. The summed E-state index contributed by atoms with van der Waals surface area (Å²) < 4.78 is 10.3. The van der Waals surface area contributed by atoms with Gasteiger partial charge >= 0.3 is 5.82 Å². The molecule has 0 bridgehead atoms. The third-order valence-corrected chi connectivity index (χ3v) is 2.89. The molecule has 8 heteroatoms. The van der Waals surface area contributed by atoms with Crippen molar-refractivity contribution in [2.75, 3.05) is 19.0 Å². The van der Waals surface area contributed by atoms with Gasteiger partial charge in [0.2, 0.25) is 5.75 Å². The van der Waals surface area contributed by atoms with E-state index in [0.29, 0.717) is 17.1 Å². The molecule has 1 aromatic carbocycles. The number of para-hydroxylation sites is 2. The Kier molecular flexibility index (Phi) is 5.08. The summed E-state index contributed by atoms with van der Waals surface area (Å²) in [5, 5.41) is 13.6. The Balaban J connectivity index is 2.04. The maximum Gasteiger partial charge on any atom is 0.406 e. The van der Waals surface area contributed by atoms with Crippen LogP contribution < -0.4 is 14.8 Å². The zero-order chi connectivity index (χ0) is 16.8. The van der Waals surface area contributed by atoms with E-state index in [1.54, 1.807) is 37.3 Å². The van der Waals surface area contributed by atoms with Crippen molar-refractivity contribution < 1.29 is 19.2 Å². The van der Waals surface area contributed by atoms with E-state index in [2.05, 4.69) is 10.3 Å². The number of amides is 1. The Bertz CT molecular complexity index is 733. The maximum atomic E-state index is 11.9. The smallest absolute Gasteiger partial charge is 0.406 e. The number of pyridine rings is 1. The number of nitrogens with one attached hydrogen (secondary N) is 1. The van der Waals surface area contributed by atoms with Crippen molar-refractivity contribution in [3.8, 4) is 11.5 Å². The molecule has 0 aliphatic carbocycles. The van der Waals surface area contributed by atoms with Crippen LogP contribution in [0.1, 0.15) is 5.69 Å². The Labute approximate surface area is 132 Å². The first-order chi connectivity index (χ1) is 11.0. The molecule has 0 fully saturated rings. The predicted molar refractivity (Wildman–Crippen MR) is 82.7 cm³/mol. The molecule has 1 N–H and O–H groups in total. The number of aryl methyl sites for hydroxylation is 1. The molecule has 0 saturated carbocycles. The third-order valence-electron chi connectivity index (χ3n) is 2.89. The Hall–Kier alpha value is -3.16. The van der Waals surface area contributed by atoms with Crippen molar-refractivity contribution in [1.82, 2.24) is 4.98 Å². The summed E-state index contributed by atoms with van der Waals surface area (Å²) in [5.41, 5.74) is 0.975. The molecule has 1 amide bonds. The Morgan fingerprint density at radius 3 is 2.70 bits per heavy atom. The normalized spacial score (nSPS) is 10.0. The van der Waals surface area contributed by atoms with Gasteiger partial charge in [-0.05, 0) is 34.2 Å². The third kappa shape index (κ3) is 4.16. The number of ether oxygens (including phenoxy) is 2. The lowest BCUT2D eigenvalue weighted by Crippen LogP contribution is -2.21. The first-order valence-electron chi connectivity index (χ1n) is 6.69. The van der Waals surface area contributed by atoms with Crippen LogP contribution in [0.25, 0.3) is 0 Å². The van der Waals surface area contributed by atoms with Gasteiger partial charge in [-0.3, -0.25) is 4.79 Å². The van der Waals surface area contributed by atoms with Gasteiger partial charge in [0, 0.05) is 6.92 Å². The van der Waals surface area contributed by atoms with E-state index < -0.39 is 16.6 Å². The summed E-state index contributed by atoms with van der Waals surface area (Å²) in [5.74, 6) is -0.445. The summed E-state index contributed by atoms with van der Waals surface area (Å²) in [6, 6.07) is 9.87. The van der Waals surface area contributed by atoms with E-state index in [0.717, 1.165) is 0 Å². The van der Waals surface area contributed by atoms with Crippen LogP contribution in [-0.4, -0.2) is 29.5 Å². The molecule has 2 rings (SSSR count). The van der Waals surface area contributed by atoms with Crippen molar-refractivity contribution >= 4 is 17.4 Å². The number of rotatable bonds is 6. The number of carbonyl (C=O) groups excluding carboxylic acids is 1. The first-order valence-corrected chi connectivity index (χ1v) is 6.69. The molecule has 0 spiro atoms. The van der Waals surface area contributed by atoms with E-state index in [9.17, 15) is 14.9 Å². The molecular formula is C15H15N3O5. The van der Waals surface area contributed by atoms with Crippen molar-refractivity contribution in [3.63, 3.8) is 0 Å². The van der Waals surface area contributed by atoms with Crippen LogP contribution in [0.4, 0.5) is 11.5 Å². The van der Waals surface area contributed by atoms with Crippen molar-refractivity contribution in [3.05, 3.63) is 52.2 Å². The fourth-order valence-electron chi connectivity index (χ4n) is 1.85. The SMILES string of the molecule is COc1ccccc1NC(=O)COc1ccc(C)nc1[N+](=O)[O-]. The summed E-state index contributed by atoms with van der Waals surface area (Å²) in [4.78, 5) is 26.0. The van der Waals surface area contributed by atoms with E-state index >= 15 is 0 Å². The summed E-state index contributed by atoms with van der Waals surface area (Å²) in [7, 11) is 1.49. The lowest BCUT2D eigenvalue weighted by Gasteiger charge is -2.10. The molecule has 0 radical (unpaired) electrons. The highest BCUT2D eigenvalue weighted by Gasteiger charge is 2.18. The second-order valence-electron chi connectivity index (χ2n) is 4.57. The van der Waals surface area contributed by atoms with Crippen molar-refractivity contribution in [1.29, 1.82) is 0 Å². The number of methoxy groups -OCH3 is 1. The largest absolute Gasteiger partial charge is 0.495 e. The van der Waals surface area contributed by atoms with E-state index in [1.807, 2.05) is 0 Å². The molecule has 0 aliphatic heterocycles. The van der Waals surface area contributed by atoms with Crippen LogP contribution in [0.3, 0.4) is 0 Å². The number of hydrogen-bond acceptors (Lipinski definition) is 6. The van der Waals surface area contributed by atoms with Gasteiger partial charge in [-0.15, -0.1) is 0 Å². The molecular weight excluding hydrogens is 302 g/mol. The lowest BCUT2D eigenvalue weighted by molar-refractivity contribution is -0.390. The van der Waals surface area contributed by atoms with Crippen molar-refractivity contribution in [2.45, 2.75) is 6.92 Å². The summed E-state index contributed by atoms with van der Waals surface area (Å²) in [6.45, 7) is 1.24. The van der Waals surface area contributed by atoms with Crippen LogP contribution in [0.5, 0.6) is 11.5 Å². The highest BCUT2D eigenvalue weighted by atomic mass is 16.6. The minimum absolute atomic E-state index is 0.0595. The number of nitrogens with zero attached hydrogens (tertiary/aromatic N) is 2. The molecule has 0 atom stereocenters. The van der Waals surface area contributed by atoms with E-state index in [-0.39, 0.29) is 12.4 Å². The molecule has 0 unspecified atom stereocenters. The molecule has 8 nitrogen and oxygen atoms in total. The zero-order valence-corrected chi connectivity index (χ0v) is 12.6. The van der Waals surface area contributed by atoms with Gasteiger partial charge in [0.15, 0.2) is 6.61 Å². The van der Waals surface area contributed by atoms with E-state index in [1.165, 1.54) is 13.2 Å². The Morgan fingerprint density at radius 1 is 1.26 bits per heavy atom. The van der Waals surface area contributed by atoms with Crippen LogP contribution in [0.15, 0.2) is 36.4 Å². The molecule has 1 aromatic heterocycles. The van der Waals surface area contributed by atoms with Gasteiger partial charge in [0.25, 0.3) is 5.91 Å². The number of nitro groups is 1. The fourth-order valence-corrected chi connectivity index (χ4v) is 1.85. The molecule has 0 aliphatic rings. The van der Waals surface area contributed by atoms with Gasteiger partial charge in [-0.1, -0.05) is 12.1 Å². The van der Waals surface area contributed by atoms with Crippen LogP contribution in [-0.2, 0) is 4.79 Å². The summed E-state index contributed by atoms with van der Waals surface area (Å²) in [6.07, 6.45) is 0. The van der Waals surface area contributed by atoms with Crippen LogP contribution in [0.2, 0.25) is 0 Å². The highest BCUT2D eigenvalue weighted by Crippen LogP contribution is 2.25. The number of benzene rings is 1. The Morgan fingerprint density at radius 2 is 2.00 bits per heavy atom. The fraction of sp³-hybridized carbons (Fsp3) is 0.200. The first kappa shape index (κ1) is 16.2. The highest BCUT2D eigenvalue weighted by molar-refractivity contribution is 5.93. The number of anilines is 1. The quantitative estimate of drug-likeness (QED) is 0.647. The lowest BCUT2D eigenvalue weighted by atomic mass is 10.3. The standard InChI is InChI=1S/C15H15N3O5/c1-10-7-8-13(15(16-10)18(20)21)23-9-14(19)17-11-5-3-4-6-12(11)22-2/h3-8H,9H2,1-2H3,(H,17,19). The molecule has 120 valence electrons. The second-order valence-corrected chi connectivity index (χ2v) is 4.57. The topological polar surface area (TPSA) is 104 Å². The minimum Gasteiger partial charge on any atom is -0.495 e. The molecule has 23 heavy (non-hydrogen) atoms. The number of hydrogen-bond donors (Lipinski definition) is 1. The summed E-state index contributed by atoms with van der Waals surface area (Å²) >= 11 is 0. The second kappa shape index (κ2) is 7.21. The average Bonchev–Trinajstić information content (AvgIpc) is 2.54. The molecule has 0 saturated heterocycles. The van der Waals surface area contributed by atoms with Gasteiger partial charge in [0.05, 0.1) is 12.8 Å². The zero-order valence-electron chi connectivity index (χ0n) is 12.6. The van der Waals surface area contributed by atoms with Crippen molar-refractivity contribution in [2.24, 2.45) is 0 Å². The van der Waals surface area contributed by atoms with Crippen LogP contribution in [0, 0.1) is 17.0 Å². The number of aromatic nitrogens is 1.